The van der Waals surface area contributed by atoms with E-state index in [0.29, 0.717) is 5.82 Å². The number of hydrogen-bond acceptors (Lipinski definition) is 7. The number of nitrogens with one attached hydrogen (secondary N) is 2. The number of aromatic nitrogens is 2. The van der Waals surface area contributed by atoms with Crippen molar-refractivity contribution in [3.05, 3.63) is 47.8 Å². The molecule has 2 N–H and O–H groups in total. The summed E-state index contributed by atoms with van der Waals surface area (Å²) >= 11 is 0. The first-order chi connectivity index (χ1) is 12.4. The maximum absolute atomic E-state index is 11.8. The molecule has 0 aliphatic carbocycles. The second-order valence-corrected chi connectivity index (χ2v) is 8.96. The van der Waals surface area contributed by atoms with Crippen molar-refractivity contribution in [3.63, 3.8) is 0 Å². The zero-order valence-corrected chi connectivity index (χ0v) is 17.0. The van der Waals surface area contributed by atoms with Crippen LogP contribution in [0.4, 0.5) is 16.4 Å². The average Bonchev–Trinajstić information content (AvgIpc) is 2.57. The summed E-state index contributed by atoms with van der Waals surface area (Å²) in [6, 6.07) is 7.87. The number of carbonyl (C=O) groups excluding carboxylic acids is 1. The number of ether oxygens (including phenoxy) is 1. The Kier molecular flexibility index (Phi) is 7.59. The Labute approximate surface area is 162 Å². The molecule has 0 aliphatic rings. The Bertz CT molecular complexity index is 735. The zero-order chi connectivity index (χ0) is 19.0. The number of rotatable bonds is 7. The van der Waals surface area contributed by atoms with E-state index in [-0.39, 0.29) is 0 Å². The highest BCUT2D eigenvalue weighted by molar-refractivity contribution is 8.76. The van der Waals surface area contributed by atoms with Crippen molar-refractivity contribution in [2.45, 2.75) is 37.9 Å². The smallest absolute Gasteiger partial charge is 0.413 e. The maximum atomic E-state index is 11.8. The minimum Gasteiger partial charge on any atom is -0.444 e. The first-order valence-electron chi connectivity index (χ1n) is 8.18. The fraction of sp³-hybridized carbons (Fsp3) is 0.389. The van der Waals surface area contributed by atoms with E-state index in [1.807, 2.05) is 58.3 Å². The average molecular weight is 393 g/mol. The lowest BCUT2D eigenvalue weighted by Crippen LogP contribution is -2.27. The van der Waals surface area contributed by atoms with Crippen LogP contribution in [0.2, 0.25) is 0 Å². The molecule has 0 saturated carbocycles. The first-order valence-corrected chi connectivity index (χ1v) is 10.7. The monoisotopic (exact) mass is 392 g/mol. The van der Waals surface area contributed by atoms with Crippen molar-refractivity contribution >= 4 is 39.3 Å². The summed E-state index contributed by atoms with van der Waals surface area (Å²) < 4.78 is 5.24. The third-order valence-corrected chi connectivity index (χ3v) is 5.34. The van der Waals surface area contributed by atoms with Gasteiger partial charge in [-0.05, 0) is 56.2 Å². The van der Waals surface area contributed by atoms with Crippen LogP contribution in [-0.4, -0.2) is 28.7 Å². The van der Waals surface area contributed by atoms with Gasteiger partial charge in [0, 0.05) is 30.9 Å². The molecule has 2 heterocycles. The van der Waals surface area contributed by atoms with Crippen LogP contribution < -0.4 is 10.6 Å². The normalized spacial score (nSPS) is 11.1. The van der Waals surface area contributed by atoms with Crippen LogP contribution in [0, 0.1) is 0 Å². The molecule has 1 amide bonds. The Morgan fingerprint density at radius 3 is 2.12 bits per heavy atom. The molecule has 0 fully saturated rings. The molecule has 0 aromatic carbocycles. The molecular formula is C18H24N4O2S2. The Hall–Kier alpha value is -1.93. The van der Waals surface area contributed by atoms with Crippen LogP contribution in [0.15, 0.2) is 36.7 Å². The molecule has 0 radical (unpaired) electrons. The second-order valence-electron chi connectivity index (χ2n) is 6.50. The molecule has 0 bridgehead atoms. The van der Waals surface area contributed by atoms with E-state index >= 15 is 0 Å². The predicted octanol–water partition coefficient (Wildman–Crippen LogP) is 4.95. The van der Waals surface area contributed by atoms with Gasteiger partial charge in [0.05, 0.1) is 0 Å². The van der Waals surface area contributed by atoms with Crippen molar-refractivity contribution in [2.75, 3.05) is 17.7 Å². The topological polar surface area (TPSA) is 76.1 Å². The SMILES string of the molecule is CNc1cc(CSSCc2ccnc(NC(=O)OC(C)(C)C)c2)ccn1. The van der Waals surface area contributed by atoms with Crippen LogP contribution in [0.3, 0.4) is 0 Å². The Morgan fingerprint density at radius 2 is 1.58 bits per heavy atom. The first kappa shape index (κ1) is 20.4. The molecule has 2 aromatic heterocycles. The van der Waals surface area contributed by atoms with Gasteiger partial charge in [-0.2, -0.15) is 0 Å². The summed E-state index contributed by atoms with van der Waals surface area (Å²) in [5.74, 6) is 3.09. The molecular weight excluding hydrogens is 368 g/mol. The third kappa shape index (κ3) is 7.53. The fourth-order valence-corrected chi connectivity index (χ4v) is 4.08. The number of nitrogens with zero attached hydrogens (tertiary/aromatic N) is 2. The van der Waals surface area contributed by atoms with Gasteiger partial charge in [-0.25, -0.2) is 14.8 Å². The summed E-state index contributed by atoms with van der Waals surface area (Å²) in [6.45, 7) is 5.48. The zero-order valence-electron chi connectivity index (χ0n) is 15.4. The van der Waals surface area contributed by atoms with Crippen molar-refractivity contribution < 1.29 is 9.53 Å². The lowest BCUT2D eigenvalue weighted by Gasteiger charge is -2.19. The number of pyridine rings is 2. The number of amides is 1. The van der Waals surface area contributed by atoms with Gasteiger partial charge in [0.25, 0.3) is 0 Å². The standard InChI is InChI=1S/C18H24N4O2S2/c1-18(2,3)24-17(23)22-16-10-14(6-8-21-16)12-26-25-11-13-5-7-20-15(9-13)19-4/h5-10H,11-12H2,1-4H3,(H,19,20)(H,21,22,23). The minimum absolute atomic E-state index is 0.496. The van der Waals surface area contributed by atoms with Crippen molar-refractivity contribution in [1.82, 2.24) is 9.97 Å². The predicted molar refractivity (Wildman–Crippen MR) is 110 cm³/mol. The molecule has 0 spiro atoms. The van der Waals surface area contributed by atoms with E-state index in [0.717, 1.165) is 22.9 Å². The van der Waals surface area contributed by atoms with Gasteiger partial charge in [-0.3, -0.25) is 5.32 Å². The van der Waals surface area contributed by atoms with Crippen molar-refractivity contribution in [2.24, 2.45) is 0 Å². The van der Waals surface area contributed by atoms with E-state index in [2.05, 4.69) is 20.6 Å². The van der Waals surface area contributed by atoms with Gasteiger partial charge in [0.2, 0.25) is 0 Å². The molecule has 8 heteroatoms. The summed E-state index contributed by atoms with van der Waals surface area (Å²) in [4.78, 5) is 20.2. The maximum Gasteiger partial charge on any atom is 0.413 e. The van der Waals surface area contributed by atoms with Gasteiger partial charge < -0.3 is 10.1 Å². The lowest BCUT2D eigenvalue weighted by molar-refractivity contribution is 0.0635. The molecule has 0 aliphatic heterocycles. The van der Waals surface area contributed by atoms with Gasteiger partial charge in [0.15, 0.2) is 0 Å². The van der Waals surface area contributed by atoms with Crippen molar-refractivity contribution in [3.8, 4) is 0 Å². The molecule has 0 atom stereocenters. The van der Waals surface area contributed by atoms with E-state index < -0.39 is 11.7 Å². The Morgan fingerprint density at radius 1 is 1.04 bits per heavy atom. The van der Waals surface area contributed by atoms with E-state index in [9.17, 15) is 4.79 Å². The molecule has 26 heavy (non-hydrogen) atoms. The summed E-state index contributed by atoms with van der Waals surface area (Å²) in [6.07, 6.45) is 3.00. The van der Waals surface area contributed by atoms with Crippen LogP contribution in [0.5, 0.6) is 0 Å². The van der Waals surface area contributed by atoms with E-state index in [1.165, 1.54) is 5.56 Å². The molecule has 6 nitrogen and oxygen atoms in total. The van der Waals surface area contributed by atoms with Crippen molar-refractivity contribution in [1.29, 1.82) is 0 Å². The number of carbonyl (C=O) groups is 1. The molecule has 2 aromatic rings. The number of anilines is 2. The van der Waals surface area contributed by atoms with Gasteiger partial charge in [-0.15, -0.1) is 0 Å². The van der Waals surface area contributed by atoms with Crippen LogP contribution in [-0.2, 0) is 16.2 Å². The summed E-state index contributed by atoms with van der Waals surface area (Å²) in [5.41, 5.74) is 1.78. The largest absolute Gasteiger partial charge is 0.444 e. The molecule has 2 rings (SSSR count). The lowest BCUT2D eigenvalue weighted by atomic mass is 10.2. The minimum atomic E-state index is -0.533. The second kappa shape index (κ2) is 9.68. The van der Waals surface area contributed by atoms with Gasteiger partial charge >= 0.3 is 6.09 Å². The molecule has 140 valence electrons. The quantitative estimate of drug-likeness (QED) is 0.510. The highest BCUT2D eigenvalue weighted by Gasteiger charge is 2.16. The molecule has 0 unspecified atom stereocenters. The number of hydrogen-bond donors (Lipinski definition) is 2. The fourth-order valence-electron chi connectivity index (χ4n) is 1.96. The summed E-state index contributed by atoms with van der Waals surface area (Å²) in [5, 5.41) is 5.71. The Balaban J connectivity index is 1.80. The van der Waals surface area contributed by atoms with Crippen LogP contribution in [0.1, 0.15) is 31.9 Å². The van der Waals surface area contributed by atoms with Gasteiger partial charge in [-0.1, -0.05) is 21.6 Å². The van der Waals surface area contributed by atoms with Crippen LogP contribution in [0.25, 0.3) is 0 Å². The van der Waals surface area contributed by atoms with Crippen LogP contribution >= 0.6 is 21.6 Å². The highest BCUT2D eigenvalue weighted by Crippen LogP contribution is 2.30. The highest BCUT2D eigenvalue weighted by atomic mass is 33.1. The third-order valence-electron chi connectivity index (χ3n) is 3.07. The summed E-state index contributed by atoms with van der Waals surface area (Å²) in [7, 11) is 5.39. The van der Waals surface area contributed by atoms with E-state index in [1.54, 1.807) is 27.8 Å². The van der Waals surface area contributed by atoms with E-state index in [4.69, 9.17) is 4.74 Å². The molecule has 0 saturated heterocycles. The van der Waals surface area contributed by atoms with Gasteiger partial charge in [0.1, 0.15) is 17.2 Å².